The first kappa shape index (κ1) is 11.4. The van der Waals surface area contributed by atoms with Gasteiger partial charge in [0.1, 0.15) is 5.76 Å². The largest absolute Gasteiger partial charge is 0.441 e. The summed E-state index contributed by atoms with van der Waals surface area (Å²) >= 11 is 11.8. The van der Waals surface area contributed by atoms with Gasteiger partial charge in [0.15, 0.2) is 0 Å². The van der Waals surface area contributed by atoms with Crippen molar-refractivity contribution in [3.8, 4) is 11.5 Å². The normalized spacial score (nSPS) is 10.7. The first-order valence-corrected chi connectivity index (χ1v) is 5.42. The monoisotopic (exact) mass is 259 g/mol. The van der Waals surface area contributed by atoms with Gasteiger partial charge in [-0.1, -0.05) is 23.2 Å². The lowest BCUT2D eigenvalue weighted by Gasteiger charge is -1.99. The van der Waals surface area contributed by atoms with E-state index in [0.29, 0.717) is 27.3 Å². The van der Waals surface area contributed by atoms with Crippen LogP contribution in [0.2, 0.25) is 10.0 Å². The molecule has 2 nitrogen and oxygen atoms in total. The summed E-state index contributed by atoms with van der Waals surface area (Å²) in [6.07, 6.45) is 1.72. The summed E-state index contributed by atoms with van der Waals surface area (Å²) in [5.74, 6) is 0.883. The van der Waals surface area contributed by atoms with Crippen molar-refractivity contribution in [3.05, 3.63) is 40.2 Å². The Bertz CT molecular complexity index is 498. The number of aryl methyl sites for hydroxylation is 1. The molecule has 0 bridgehead atoms. The molecular formula is C11H8Cl2FNO. The molecule has 1 heterocycles. The fourth-order valence-electron chi connectivity index (χ4n) is 1.30. The molecule has 0 unspecified atom stereocenters. The van der Waals surface area contributed by atoms with Crippen molar-refractivity contribution < 1.29 is 8.81 Å². The SMILES string of the molecule is FCCc1cnc(-c2ccc(Cl)cc2Cl)o1. The van der Waals surface area contributed by atoms with Crippen LogP contribution >= 0.6 is 23.2 Å². The van der Waals surface area contributed by atoms with Crippen LogP contribution in [-0.2, 0) is 6.42 Å². The topological polar surface area (TPSA) is 26.0 Å². The minimum absolute atomic E-state index is 0.220. The highest BCUT2D eigenvalue weighted by atomic mass is 35.5. The zero-order valence-corrected chi connectivity index (χ0v) is 9.72. The van der Waals surface area contributed by atoms with Gasteiger partial charge in [-0.3, -0.25) is 4.39 Å². The molecule has 0 aliphatic rings. The molecule has 84 valence electrons. The van der Waals surface area contributed by atoms with E-state index in [4.69, 9.17) is 27.6 Å². The van der Waals surface area contributed by atoms with Gasteiger partial charge < -0.3 is 4.42 Å². The van der Waals surface area contributed by atoms with E-state index >= 15 is 0 Å². The van der Waals surface area contributed by atoms with Crippen LogP contribution < -0.4 is 0 Å². The molecule has 0 N–H and O–H groups in total. The molecule has 0 radical (unpaired) electrons. The average Bonchev–Trinajstić information content (AvgIpc) is 2.67. The number of alkyl halides is 1. The maximum atomic E-state index is 12.1. The molecule has 0 aliphatic heterocycles. The Balaban J connectivity index is 2.35. The summed E-state index contributed by atoms with van der Waals surface area (Å²) in [5.41, 5.74) is 0.649. The van der Waals surface area contributed by atoms with E-state index < -0.39 is 6.67 Å². The fourth-order valence-corrected chi connectivity index (χ4v) is 1.79. The van der Waals surface area contributed by atoms with Crippen LogP contribution in [0.1, 0.15) is 5.76 Å². The van der Waals surface area contributed by atoms with Gasteiger partial charge in [0.05, 0.1) is 23.5 Å². The smallest absolute Gasteiger partial charge is 0.227 e. The van der Waals surface area contributed by atoms with Crippen LogP contribution in [0.25, 0.3) is 11.5 Å². The lowest BCUT2D eigenvalue weighted by atomic mass is 10.2. The van der Waals surface area contributed by atoms with E-state index in [1.807, 2.05) is 0 Å². The lowest BCUT2D eigenvalue weighted by molar-refractivity contribution is 0.443. The van der Waals surface area contributed by atoms with Crippen LogP contribution in [0.3, 0.4) is 0 Å². The van der Waals surface area contributed by atoms with Gasteiger partial charge in [-0.15, -0.1) is 0 Å². The molecule has 0 aliphatic carbocycles. The molecule has 0 saturated heterocycles. The third kappa shape index (κ3) is 2.36. The second-order valence-corrected chi connectivity index (χ2v) is 4.04. The summed E-state index contributed by atoms with van der Waals surface area (Å²) in [6.45, 7) is -0.469. The van der Waals surface area contributed by atoms with Gasteiger partial charge >= 0.3 is 0 Å². The maximum absolute atomic E-state index is 12.1. The number of oxazole rings is 1. The molecule has 0 spiro atoms. The van der Waals surface area contributed by atoms with Gasteiger partial charge in [0, 0.05) is 11.4 Å². The first-order chi connectivity index (χ1) is 7.70. The van der Waals surface area contributed by atoms with E-state index in [0.717, 1.165) is 0 Å². The minimum atomic E-state index is -0.469. The van der Waals surface area contributed by atoms with Crippen LogP contribution in [-0.4, -0.2) is 11.7 Å². The molecule has 16 heavy (non-hydrogen) atoms. The zero-order valence-electron chi connectivity index (χ0n) is 8.21. The van der Waals surface area contributed by atoms with E-state index in [1.54, 1.807) is 18.2 Å². The third-order valence-corrected chi connectivity index (χ3v) is 2.60. The fraction of sp³-hybridized carbons (Fsp3) is 0.182. The number of hydrogen-bond donors (Lipinski definition) is 0. The molecule has 2 rings (SSSR count). The van der Waals surface area contributed by atoms with Crippen molar-refractivity contribution in [2.75, 3.05) is 6.67 Å². The second-order valence-electron chi connectivity index (χ2n) is 3.19. The number of hydrogen-bond acceptors (Lipinski definition) is 2. The van der Waals surface area contributed by atoms with Gasteiger partial charge in [-0.05, 0) is 18.2 Å². The number of rotatable bonds is 3. The first-order valence-electron chi connectivity index (χ1n) is 4.67. The maximum Gasteiger partial charge on any atom is 0.227 e. The van der Waals surface area contributed by atoms with Gasteiger partial charge in [0.25, 0.3) is 0 Å². The molecule has 0 fully saturated rings. The minimum Gasteiger partial charge on any atom is -0.441 e. The van der Waals surface area contributed by atoms with Crippen LogP contribution in [0.4, 0.5) is 4.39 Å². The molecular weight excluding hydrogens is 252 g/mol. The highest BCUT2D eigenvalue weighted by Gasteiger charge is 2.10. The van der Waals surface area contributed by atoms with Crippen molar-refractivity contribution in [1.29, 1.82) is 0 Å². The summed E-state index contributed by atoms with van der Waals surface area (Å²) < 4.78 is 17.4. The average molecular weight is 260 g/mol. The van der Waals surface area contributed by atoms with E-state index in [2.05, 4.69) is 4.98 Å². The van der Waals surface area contributed by atoms with E-state index in [-0.39, 0.29) is 6.42 Å². The predicted octanol–water partition coefficient (Wildman–Crippen LogP) is 4.16. The summed E-state index contributed by atoms with van der Waals surface area (Å²) in [5, 5.41) is 1.01. The van der Waals surface area contributed by atoms with Gasteiger partial charge in [-0.2, -0.15) is 0 Å². The number of benzene rings is 1. The standard InChI is InChI=1S/C11H8Cl2FNO/c12-7-1-2-9(10(13)5-7)11-15-6-8(16-11)3-4-14/h1-2,5-6H,3-4H2. The number of aromatic nitrogens is 1. The summed E-state index contributed by atoms with van der Waals surface area (Å²) in [6, 6.07) is 5.02. The Morgan fingerprint density at radius 2 is 2.12 bits per heavy atom. The Morgan fingerprint density at radius 3 is 2.81 bits per heavy atom. The molecule has 1 aromatic carbocycles. The number of halogens is 3. The van der Waals surface area contributed by atoms with Crippen molar-refractivity contribution >= 4 is 23.2 Å². The Morgan fingerprint density at radius 1 is 1.31 bits per heavy atom. The highest BCUT2D eigenvalue weighted by molar-refractivity contribution is 6.36. The lowest BCUT2D eigenvalue weighted by Crippen LogP contribution is -1.81. The summed E-state index contributed by atoms with van der Waals surface area (Å²) in [4.78, 5) is 4.03. The van der Waals surface area contributed by atoms with Crippen molar-refractivity contribution in [3.63, 3.8) is 0 Å². The predicted molar refractivity (Wildman–Crippen MR) is 61.6 cm³/mol. The zero-order chi connectivity index (χ0) is 11.5. The van der Waals surface area contributed by atoms with Crippen molar-refractivity contribution in [1.82, 2.24) is 4.98 Å². The molecule has 1 aromatic heterocycles. The third-order valence-electron chi connectivity index (χ3n) is 2.06. The molecule has 0 saturated carbocycles. The van der Waals surface area contributed by atoms with Crippen molar-refractivity contribution in [2.24, 2.45) is 0 Å². The Kier molecular flexibility index (Phi) is 3.46. The Hall–Kier alpha value is -1.06. The van der Waals surface area contributed by atoms with E-state index in [9.17, 15) is 4.39 Å². The molecule has 0 amide bonds. The quantitative estimate of drug-likeness (QED) is 0.828. The Labute approximate surface area is 102 Å². The van der Waals surface area contributed by atoms with Crippen LogP contribution in [0.5, 0.6) is 0 Å². The van der Waals surface area contributed by atoms with Crippen LogP contribution in [0, 0.1) is 0 Å². The molecule has 2 aromatic rings. The van der Waals surface area contributed by atoms with Crippen molar-refractivity contribution in [2.45, 2.75) is 6.42 Å². The highest BCUT2D eigenvalue weighted by Crippen LogP contribution is 2.29. The van der Waals surface area contributed by atoms with E-state index in [1.165, 1.54) is 6.20 Å². The van der Waals surface area contributed by atoms with Gasteiger partial charge in [-0.25, -0.2) is 4.98 Å². The van der Waals surface area contributed by atoms with Crippen LogP contribution in [0.15, 0.2) is 28.8 Å². The van der Waals surface area contributed by atoms with Gasteiger partial charge in [0.2, 0.25) is 5.89 Å². The second kappa shape index (κ2) is 4.85. The number of nitrogens with zero attached hydrogens (tertiary/aromatic N) is 1. The molecule has 5 heteroatoms. The summed E-state index contributed by atoms with van der Waals surface area (Å²) in [7, 11) is 0. The molecule has 0 atom stereocenters.